The maximum atomic E-state index is 11.4. The van der Waals surface area contributed by atoms with Crippen molar-refractivity contribution >= 4 is 17.3 Å². The van der Waals surface area contributed by atoms with E-state index >= 15 is 0 Å². The van der Waals surface area contributed by atoms with Crippen LogP contribution >= 0.6 is 0 Å². The van der Waals surface area contributed by atoms with Gasteiger partial charge in [-0.15, -0.1) is 0 Å². The Hall–Kier alpha value is -2.31. The van der Waals surface area contributed by atoms with Crippen molar-refractivity contribution in [1.82, 2.24) is 5.32 Å². The van der Waals surface area contributed by atoms with Crippen molar-refractivity contribution in [3.63, 3.8) is 0 Å². The Morgan fingerprint density at radius 2 is 2.15 bits per heavy atom. The fourth-order valence-electron chi connectivity index (χ4n) is 1.62. The number of nitrogens with one attached hydrogen (secondary N) is 2. The van der Waals surface area contributed by atoms with Gasteiger partial charge in [-0.25, -0.2) is 0 Å². The summed E-state index contributed by atoms with van der Waals surface area (Å²) in [5.41, 5.74) is 0.125. The highest BCUT2D eigenvalue weighted by Gasteiger charge is 2.21. The molecule has 0 heterocycles. The molecule has 20 heavy (non-hydrogen) atoms. The molecule has 0 aliphatic carbocycles. The Balaban J connectivity index is 2.88. The first-order valence-electron chi connectivity index (χ1n) is 6.50. The van der Waals surface area contributed by atoms with Gasteiger partial charge in [-0.2, -0.15) is 0 Å². The van der Waals surface area contributed by atoms with E-state index in [1.54, 1.807) is 25.1 Å². The van der Waals surface area contributed by atoms with Crippen molar-refractivity contribution in [3.05, 3.63) is 28.3 Å². The largest absolute Gasteiger partial charge is 0.487 e. The summed E-state index contributed by atoms with van der Waals surface area (Å²) < 4.78 is 5.36. The first-order valence-corrected chi connectivity index (χ1v) is 6.50. The highest BCUT2D eigenvalue weighted by Crippen LogP contribution is 2.34. The second-order valence-electron chi connectivity index (χ2n) is 4.06. The first-order chi connectivity index (χ1) is 9.60. The molecule has 7 heteroatoms. The topological polar surface area (TPSA) is 93.5 Å². The number of benzene rings is 1. The van der Waals surface area contributed by atoms with Crippen molar-refractivity contribution in [2.75, 3.05) is 25.0 Å². The number of carbonyl (C=O) groups excluding carboxylic acids is 1. The first kappa shape index (κ1) is 15.7. The zero-order valence-electron chi connectivity index (χ0n) is 11.6. The molecule has 7 nitrogen and oxygen atoms in total. The molecule has 110 valence electrons. The van der Waals surface area contributed by atoms with E-state index in [1.165, 1.54) is 0 Å². The number of hydrogen-bond donors (Lipinski definition) is 2. The van der Waals surface area contributed by atoms with Crippen molar-refractivity contribution in [2.45, 2.75) is 20.3 Å². The van der Waals surface area contributed by atoms with Crippen LogP contribution < -0.4 is 15.4 Å². The zero-order chi connectivity index (χ0) is 15.0. The molecule has 1 aromatic rings. The number of para-hydroxylation sites is 1. The lowest BCUT2D eigenvalue weighted by Gasteiger charge is -2.10. The van der Waals surface area contributed by atoms with Crippen molar-refractivity contribution in [1.29, 1.82) is 0 Å². The molecule has 0 unspecified atom stereocenters. The number of nitro benzene ring substituents is 1. The normalized spacial score (nSPS) is 9.90. The Bertz CT molecular complexity index is 477. The average Bonchev–Trinajstić information content (AvgIpc) is 2.42. The van der Waals surface area contributed by atoms with E-state index in [4.69, 9.17) is 4.74 Å². The highest BCUT2D eigenvalue weighted by atomic mass is 16.6. The smallest absolute Gasteiger partial charge is 0.333 e. The molecule has 0 saturated carbocycles. The van der Waals surface area contributed by atoms with Gasteiger partial charge in [0.25, 0.3) is 0 Å². The quantitative estimate of drug-likeness (QED) is 0.561. The van der Waals surface area contributed by atoms with Gasteiger partial charge < -0.3 is 15.4 Å². The SMILES string of the molecule is CCCOc1cccc(NCC(=O)NCC)c1[N+](=O)[O-]. The van der Waals surface area contributed by atoms with Crippen LogP contribution in [0.1, 0.15) is 20.3 Å². The third kappa shape index (κ3) is 4.42. The summed E-state index contributed by atoms with van der Waals surface area (Å²) >= 11 is 0. The van der Waals surface area contributed by atoms with Crippen molar-refractivity contribution in [2.24, 2.45) is 0 Å². The lowest BCUT2D eigenvalue weighted by Crippen LogP contribution is -2.29. The lowest BCUT2D eigenvalue weighted by atomic mass is 10.2. The van der Waals surface area contributed by atoms with Crippen LogP contribution in [0.5, 0.6) is 5.75 Å². The Morgan fingerprint density at radius 3 is 2.75 bits per heavy atom. The molecule has 0 radical (unpaired) electrons. The predicted molar refractivity (Wildman–Crippen MR) is 76.1 cm³/mol. The van der Waals surface area contributed by atoms with Crippen LogP contribution in [0.15, 0.2) is 18.2 Å². The standard InChI is InChI=1S/C13H19N3O4/c1-3-8-20-11-7-5-6-10(13(11)16(18)19)15-9-12(17)14-4-2/h5-7,15H,3-4,8-9H2,1-2H3,(H,14,17). The van der Waals surface area contributed by atoms with Gasteiger partial charge in [-0.05, 0) is 25.5 Å². The summed E-state index contributed by atoms with van der Waals surface area (Å²) in [5, 5.41) is 16.5. The van der Waals surface area contributed by atoms with Gasteiger partial charge in [-0.1, -0.05) is 13.0 Å². The maximum absolute atomic E-state index is 11.4. The van der Waals surface area contributed by atoms with E-state index in [9.17, 15) is 14.9 Å². The number of nitro groups is 1. The number of amides is 1. The van der Waals surface area contributed by atoms with Crippen LogP contribution in [0.25, 0.3) is 0 Å². The Kier molecular flexibility index (Phi) is 6.28. The molecular weight excluding hydrogens is 262 g/mol. The molecule has 2 N–H and O–H groups in total. The minimum Gasteiger partial charge on any atom is -0.487 e. The van der Waals surface area contributed by atoms with E-state index < -0.39 is 4.92 Å². The lowest BCUT2D eigenvalue weighted by molar-refractivity contribution is -0.384. The van der Waals surface area contributed by atoms with Crippen LogP contribution in [0.3, 0.4) is 0 Å². The van der Waals surface area contributed by atoms with Crippen LogP contribution in [0.2, 0.25) is 0 Å². The Morgan fingerprint density at radius 1 is 1.40 bits per heavy atom. The van der Waals surface area contributed by atoms with Crippen LogP contribution in [-0.2, 0) is 4.79 Å². The Labute approximate surface area is 117 Å². The molecule has 0 bridgehead atoms. The number of ether oxygens (including phenoxy) is 1. The van der Waals surface area contributed by atoms with Gasteiger partial charge in [0.15, 0.2) is 5.75 Å². The van der Waals surface area contributed by atoms with E-state index in [-0.39, 0.29) is 29.6 Å². The fraction of sp³-hybridized carbons (Fsp3) is 0.462. The minimum absolute atomic E-state index is 0.0219. The molecule has 0 aliphatic rings. The van der Waals surface area contributed by atoms with Gasteiger partial charge >= 0.3 is 5.69 Å². The number of hydrogen-bond acceptors (Lipinski definition) is 5. The van der Waals surface area contributed by atoms with Gasteiger partial charge in [0.05, 0.1) is 18.1 Å². The summed E-state index contributed by atoms with van der Waals surface area (Å²) in [6.07, 6.45) is 0.758. The molecule has 1 amide bonds. The molecule has 0 aliphatic heterocycles. The van der Waals surface area contributed by atoms with Gasteiger partial charge in [-0.3, -0.25) is 14.9 Å². The van der Waals surface area contributed by atoms with Crippen LogP contribution in [0, 0.1) is 10.1 Å². The molecule has 0 fully saturated rings. The van der Waals surface area contributed by atoms with Crippen LogP contribution in [0.4, 0.5) is 11.4 Å². The summed E-state index contributed by atoms with van der Waals surface area (Å²) in [6, 6.07) is 4.75. The molecule has 0 saturated heterocycles. The molecular formula is C13H19N3O4. The summed E-state index contributed by atoms with van der Waals surface area (Å²) in [4.78, 5) is 22.0. The molecule has 0 aromatic heterocycles. The molecule has 1 rings (SSSR count). The monoisotopic (exact) mass is 281 g/mol. The number of carbonyl (C=O) groups is 1. The average molecular weight is 281 g/mol. The van der Waals surface area contributed by atoms with Crippen molar-refractivity contribution < 1.29 is 14.5 Å². The van der Waals surface area contributed by atoms with Gasteiger partial charge in [0.2, 0.25) is 5.91 Å². The number of anilines is 1. The molecule has 1 aromatic carbocycles. The van der Waals surface area contributed by atoms with Gasteiger partial charge in [0, 0.05) is 6.54 Å². The third-order valence-electron chi connectivity index (χ3n) is 2.46. The summed E-state index contributed by atoms with van der Waals surface area (Å²) in [7, 11) is 0. The fourth-order valence-corrected chi connectivity index (χ4v) is 1.62. The second-order valence-corrected chi connectivity index (χ2v) is 4.06. The minimum atomic E-state index is -0.509. The van der Waals surface area contributed by atoms with E-state index in [1.807, 2.05) is 6.92 Å². The molecule has 0 atom stereocenters. The number of nitrogens with zero attached hydrogens (tertiary/aromatic N) is 1. The number of rotatable bonds is 8. The van der Waals surface area contributed by atoms with E-state index in [2.05, 4.69) is 10.6 Å². The van der Waals surface area contributed by atoms with E-state index in [0.717, 1.165) is 6.42 Å². The predicted octanol–water partition coefficient (Wildman–Crippen LogP) is 1.93. The maximum Gasteiger partial charge on any atom is 0.333 e. The number of likely N-dealkylation sites (N-methyl/N-ethyl adjacent to an activating group) is 1. The summed E-state index contributed by atoms with van der Waals surface area (Å²) in [5.74, 6) is -0.0144. The highest BCUT2D eigenvalue weighted by molar-refractivity contribution is 5.82. The summed E-state index contributed by atoms with van der Waals surface area (Å²) in [6.45, 7) is 4.62. The second kappa shape index (κ2) is 7.98. The molecule has 0 spiro atoms. The van der Waals surface area contributed by atoms with Gasteiger partial charge in [0.1, 0.15) is 5.69 Å². The van der Waals surface area contributed by atoms with Crippen LogP contribution in [-0.4, -0.2) is 30.5 Å². The van der Waals surface area contributed by atoms with Crippen molar-refractivity contribution in [3.8, 4) is 5.75 Å². The van der Waals surface area contributed by atoms with E-state index in [0.29, 0.717) is 13.2 Å². The third-order valence-corrected chi connectivity index (χ3v) is 2.46. The zero-order valence-corrected chi connectivity index (χ0v) is 11.6.